The molecule has 1 unspecified atom stereocenters. The lowest BCUT2D eigenvalue weighted by Gasteiger charge is -2.18. The zero-order valence-electron chi connectivity index (χ0n) is 16.2. The zero-order chi connectivity index (χ0) is 20.6. The Morgan fingerprint density at radius 1 is 1.14 bits per heavy atom. The summed E-state index contributed by atoms with van der Waals surface area (Å²) in [7, 11) is 0. The zero-order valence-corrected chi connectivity index (χ0v) is 17.0. The molecule has 3 rings (SSSR count). The second kappa shape index (κ2) is 10.3. The lowest BCUT2D eigenvalue weighted by molar-refractivity contribution is -0.139. The van der Waals surface area contributed by atoms with Gasteiger partial charge in [-0.15, -0.1) is 0 Å². The van der Waals surface area contributed by atoms with E-state index in [-0.39, 0.29) is 12.4 Å². The minimum atomic E-state index is -0.867. The molecule has 0 aliphatic carbocycles. The maximum Gasteiger partial charge on any atom is 0.320 e. The Bertz CT molecular complexity index is 979. The van der Waals surface area contributed by atoms with Crippen molar-refractivity contribution in [3.8, 4) is 5.75 Å². The van der Waals surface area contributed by atoms with Gasteiger partial charge in [-0.2, -0.15) is 11.8 Å². The molecule has 29 heavy (non-hydrogen) atoms. The van der Waals surface area contributed by atoms with E-state index >= 15 is 0 Å². The van der Waals surface area contributed by atoms with Crippen molar-refractivity contribution in [1.29, 1.82) is 0 Å². The summed E-state index contributed by atoms with van der Waals surface area (Å²) in [5.41, 5.74) is 1.35. The average Bonchev–Trinajstić information content (AvgIpc) is 2.73. The number of carbonyl (C=O) groups is 1. The monoisotopic (exact) mass is 413 g/mol. The van der Waals surface area contributed by atoms with E-state index in [4.69, 9.17) is 4.74 Å². The van der Waals surface area contributed by atoms with Crippen molar-refractivity contribution in [2.75, 3.05) is 12.0 Å². The second-order valence-electron chi connectivity index (χ2n) is 6.70. The minimum Gasteiger partial charge on any atom is -0.488 e. The van der Waals surface area contributed by atoms with Gasteiger partial charge < -0.3 is 15.2 Å². The van der Waals surface area contributed by atoms with Gasteiger partial charge in [-0.1, -0.05) is 48.5 Å². The van der Waals surface area contributed by atoms with E-state index in [2.05, 4.69) is 5.32 Å². The SMILES string of the molecule is CSCCC(NCc1c(OCc2ccccc2F)ccc2ccccc12)C(=O)O. The third-order valence-electron chi connectivity index (χ3n) is 4.77. The molecule has 1 atom stereocenters. The minimum absolute atomic E-state index is 0.104. The Labute approximate surface area is 174 Å². The predicted octanol–water partition coefficient (Wildman–Crippen LogP) is 4.85. The fourth-order valence-electron chi connectivity index (χ4n) is 3.18. The second-order valence-corrected chi connectivity index (χ2v) is 7.68. The number of carboxylic acid groups (broad SMARTS) is 1. The van der Waals surface area contributed by atoms with Gasteiger partial charge in [0.25, 0.3) is 0 Å². The quantitative estimate of drug-likeness (QED) is 0.497. The van der Waals surface area contributed by atoms with Crippen LogP contribution in [0.3, 0.4) is 0 Å². The smallest absolute Gasteiger partial charge is 0.320 e. The number of fused-ring (bicyclic) bond motifs is 1. The molecule has 0 saturated heterocycles. The summed E-state index contributed by atoms with van der Waals surface area (Å²) in [5.74, 6) is 0.202. The molecule has 3 aromatic carbocycles. The first-order valence-electron chi connectivity index (χ1n) is 9.42. The van der Waals surface area contributed by atoms with E-state index in [0.29, 0.717) is 24.3 Å². The van der Waals surface area contributed by atoms with Crippen LogP contribution in [-0.2, 0) is 17.9 Å². The Balaban J connectivity index is 1.85. The molecule has 152 valence electrons. The van der Waals surface area contributed by atoms with Crippen molar-refractivity contribution in [1.82, 2.24) is 5.32 Å². The number of nitrogens with one attached hydrogen (secondary N) is 1. The standard InChI is InChI=1S/C23H24FNO3S/c1-29-13-12-21(23(26)27)25-14-19-18-8-4-2-6-16(18)10-11-22(19)28-15-17-7-3-5-9-20(17)24/h2-11,21,25H,12-15H2,1H3,(H,26,27). The Hall–Kier alpha value is -2.57. The molecule has 0 bridgehead atoms. The first-order valence-corrected chi connectivity index (χ1v) is 10.8. The maximum absolute atomic E-state index is 13.9. The van der Waals surface area contributed by atoms with E-state index in [9.17, 15) is 14.3 Å². The number of ether oxygens (including phenoxy) is 1. The highest BCUT2D eigenvalue weighted by Gasteiger charge is 2.18. The molecule has 0 saturated carbocycles. The van der Waals surface area contributed by atoms with Crippen LogP contribution in [0.2, 0.25) is 0 Å². The van der Waals surface area contributed by atoms with Crippen molar-refractivity contribution in [3.63, 3.8) is 0 Å². The molecule has 0 spiro atoms. The van der Waals surface area contributed by atoms with Crippen LogP contribution in [0, 0.1) is 5.82 Å². The van der Waals surface area contributed by atoms with Crippen molar-refractivity contribution >= 4 is 28.5 Å². The molecule has 2 N–H and O–H groups in total. The van der Waals surface area contributed by atoms with E-state index in [1.165, 1.54) is 6.07 Å². The topological polar surface area (TPSA) is 58.6 Å². The van der Waals surface area contributed by atoms with Crippen molar-refractivity contribution in [2.24, 2.45) is 0 Å². The van der Waals surface area contributed by atoms with Crippen LogP contribution < -0.4 is 10.1 Å². The van der Waals surface area contributed by atoms with Crippen LogP contribution in [0.4, 0.5) is 4.39 Å². The van der Waals surface area contributed by atoms with Crippen LogP contribution >= 0.6 is 11.8 Å². The van der Waals surface area contributed by atoms with E-state index in [1.54, 1.807) is 30.0 Å². The highest BCUT2D eigenvalue weighted by Crippen LogP contribution is 2.29. The number of rotatable bonds is 10. The van der Waals surface area contributed by atoms with Crippen LogP contribution in [0.15, 0.2) is 60.7 Å². The summed E-state index contributed by atoms with van der Waals surface area (Å²) in [5, 5.41) is 14.7. The normalized spacial score (nSPS) is 12.1. The number of hydrogen-bond acceptors (Lipinski definition) is 4. The summed E-state index contributed by atoms with van der Waals surface area (Å²) in [4.78, 5) is 11.6. The predicted molar refractivity (Wildman–Crippen MR) is 116 cm³/mol. The van der Waals surface area contributed by atoms with Gasteiger partial charge in [-0.25, -0.2) is 4.39 Å². The van der Waals surface area contributed by atoms with Gasteiger partial charge in [0.1, 0.15) is 24.2 Å². The highest BCUT2D eigenvalue weighted by atomic mass is 32.2. The van der Waals surface area contributed by atoms with E-state index in [1.807, 2.05) is 42.7 Å². The molecule has 0 fully saturated rings. The summed E-state index contributed by atoms with van der Waals surface area (Å²) in [6, 6.07) is 17.6. The van der Waals surface area contributed by atoms with Gasteiger partial charge >= 0.3 is 5.97 Å². The van der Waals surface area contributed by atoms with Gasteiger partial charge in [0, 0.05) is 17.7 Å². The van der Waals surface area contributed by atoms with Crippen LogP contribution in [0.5, 0.6) is 5.75 Å². The molecule has 3 aromatic rings. The van der Waals surface area contributed by atoms with Gasteiger partial charge in [0.05, 0.1) is 0 Å². The number of benzene rings is 3. The molecular weight excluding hydrogens is 389 g/mol. The summed E-state index contributed by atoms with van der Waals surface area (Å²) < 4.78 is 19.9. The van der Waals surface area contributed by atoms with Gasteiger partial charge in [-0.3, -0.25) is 4.79 Å². The molecule has 0 heterocycles. The van der Waals surface area contributed by atoms with Crippen molar-refractivity contribution < 1.29 is 19.0 Å². The molecule has 0 aliphatic rings. The maximum atomic E-state index is 13.9. The Kier molecular flexibility index (Phi) is 7.49. The number of aliphatic carboxylic acids is 1. The highest BCUT2D eigenvalue weighted by molar-refractivity contribution is 7.98. The summed E-state index contributed by atoms with van der Waals surface area (Å²) >= 11 is 1.62. The lowest BCUT2D eigenvalue weighted by atomic mass is 10.0. The van der Waals surface area contributed by atoms with E-state index in [0.717, 1.165) is 22.1 Å². The van der Waals surface area contributed by atoms with Gasteiger partial charge in [0.2, 0.25) is 0 Å². The molecule has 0 radical (unpaired) electrons. The third kappa shape index (κ3) is 5.49. The summed E-state index contributed by atoms with van der Waals surface area (Å²) in [6.45, 7) is 0.451. The number of thioether (sulfide) groups is 1. The van der Waals surface area contributed by atoms with Gasteiger partial charge in [-0.05, 0) is 41.3 Å². The van der Waals surface area contributed by atoms with Gasteiger partial charge in [0.15, 0.2) is 0 Å². The fraction of sp³-hybridized carbons (Fsp3) is 0.261. The van der Waals surface area contributed by atoms with E-state index < -0.39 is 12.0 Å². The fourth-order valence-corrected chi connectivity index (χ4v) is 3.65. The van der Waals surface area contributed by atoms with Crippen molar-refractivity contribution in [3.05, 3.63) is 77.6 Å². The number of halogens is 1. The molecular formula is C23H24FNO3S. The number of carboxylic acids is 1. The van der Waals surface area contributed by atoms with Crippen LogP contribution in [0.1, 0.15) is 17.5 Å². The average molecular weight is 414 g/mol. The first kappa shape index (κ1) is 21.1. The Morgan fingerprint density at radius 2 is 1.90 bits per heavy atom. The Morgan fingerprint density at radius 3 is 2.66 bits per heavy atom. The largest absolute Gasteiger partial charge is 0.488 e. The molecule has 0 amide bonds. The first-order chi connectivity index (χ1) is 14.1. The van der Waals surface area contributed by atoms with Crippen LogP contribution in [-0.4, -0.2) is 29.1 Å². The third-order valence-corrected chi connectivity index (χ3v) is 5.42. The lowest BCUT2D eigenvalue weighted by Crippen LogP contribution is -2.36. The summed E-state index contributed by atoms with van der Waals surface area (Å²) in [6.07, 6.45) is 2.49. The van der Waals surface area contributed by atoms with Crippen molar-refractivity contribution in [2.45, 2.75) is 25.6 Å². The molecule has 6 heteroatoms. The molecule has 4 nitrogen and oxygen atoms in total. The molecule has 0 aliphatic heterocycles. The van der Waals surface area contributed by atoms with Crippen LogP contribution in [0.25, 0.3) is 10.8 Å². The molecule has 0 aromatic heterocycles. The number of hydrogen-bond donors (Lipinski definition) is 2.